The largest absolute Gasteiger partial charge is 0.310 e. The highest BCUT2D eigenvalue weighted by Crippen LogP contribution is 2.18. The van der Waals surface area contributed by atoms with Crippen LogP contribution in [0.25, 0.3) is 11.1 Å². The molecule has 0 aliphatic heterocycles. The summed E-state index contributed by atoms with van der Waals surface area (Å²) in [5.41, 5.74) is 4.18. The summed E-state index contributed by atoms with van der Waals surface area (Å²) in [4.78, 5) is 16.2. The van der Waals surface area contributed by atoms with Crippen LogP contribution in [0.1, 0.15) is 11.3 Å². The molecule has 2 heterocycles. The van der Waals surface area contributed by atoms with E-state index in [0.717, 1.165) is 22.4 Å². The zero-order valence-electron chi connectivity index (χ0n) is 11.9. The number of aryl methyl sites for hydroxylation is 1. The van der Waals surface area contributed by atoms with Gasteiger partial charge in [0.15, 0.2) is 0 Å². The third kappa shape index (κ3) is 3.08. The number of hydrogen-bond acceptors (Lipinski definition) is 2. The second-order valence-corrected chi connectivity index (χ2v) is 5.06. The molecule has 2 aromatic heterocycles. The fourth-order valence-electron chi connectivity index (χ4n) is 2.33. The van der Waals surface area contributed by atoms with Gasteiger partial charge in [-0.25, -0.2) is 0 Å². The van der Waals surface area contributed by atoms with Gasteiger partial charge < -0.3 is 4.57 Å². The molecule has 21 heavy (non-hydrogen) atoms. The van der Waals surface area contributed by atoms with E-state index in [-0.39, 0.29) is 5.56 Å². The van der Waals surface area contributed by atoms with E-state index in [1.165, 1.54) is 0 Å². The Balaban J connectivity index is 1.99. The Kier molecular flexibility index (Phi) is 3.65. The van der Waals surface area contributed by atoms with Gasteiger partial charge in [0.05, 0.1) is 6.54 Å². The number of pyridine rings is 2. The molecule has 0 radical (unpaired) electrons. The first-order valence-electron chi connectivity index (χ1n) is 6.90. The van der Waals surface area contributed by atoms with Crippen molar-refractivity contribution in [3.8, 4) is 11.1 Å². The first kappa shape index (κ1) is 13.3. The monoisotopic (exact) mass is 276 g/mol. The normalized spacial score (nSPS) is 10.5. The van der Waals surface area contributed by atoms with Crippen molar-refractivity contribution in [3.63, 3.8) is 0 Å². The highest BCUT2D eigenvalue weighted by atomic mass is 16.1. The fourth-order valence-corrected chi connectivity index (χ4v) is 2.33. The van der Waals surface area contributed by atoms with Crippen LogP contribution in [-0.2, 0) is 6.54 Å². The quantitative estimate of drug-likeness (QED) is 0.736. The molecule has 0 fully saturated rings. The lowest BCUT2D eigenvalue weighted by molar-refractivity contribution is 0.761. The highest BCUT2D eigenvalue weighted by molar-refractivity contribution is 5.62. The summed E-state index contributed by atoms with van der Waals surface area (Å²) in [7, 11) is 0. The van der Waals surface area contributed by atoms with Crippen molar-refractivity contribution in [2.24, 2.45) is 0 Å². The smallest absolute Gasteiger partial charge is 0.250 e. The highest BCUT2D eigenvalue weighted by Gasteiger charge is 2.03. The Morgan fingerprint density at radius 2 is 1.81 bits per heavy atom. The molecule has 0 atom stereocenters. The maximum absolute atomic E-state index is 12.0. The lowest BCUT2D eigenvalue weighted by Crippen LogP contribution is -2.19. The number of rotatable bonds is 3. The lowest BCUT2D eigenvalue weighted by Gasteiger charge is -2.09. The summed E-state index contributed by atoms with van der Waals surface area (Å²) < 4.78 is 1.74. The van der Waals surface area contributed by atoms with Crippen molar-refractivity contribution in [1.29, 1.82) is 0 Å². The SMILES string of the molecule is Cc1cc(-c2ccc(=O)n(Cc3ccccc3)c2)ccn1. The van der Waals surface area contributed by atoms with E-state index in [1.54, 1.807) is 16.8 Å². The Morgan fingerprint density at radius 1 is 1.00 bits per heavy atom. The third-order valence-electron chi connectivity index (χ3n) is 3.41. The molecule has 0 aliphatic carbocycles. The van der Waals surface area contributed by atoms with E-state index in [1.807, 2.05) is 61.7 Å². The minimum absolute atomic E-state index is 0.00776. The predicted molar refractivity (Wildman–Crippen MR) is 84.2 cm³/mol. The summed E-state index contributed by atoms with van der Waals surface area (Å²) in [6, 6.07) is 17.4. The van der Waals surface area contributed by atoms with Crippen molar-refractivity contribution >= 4 is 0 Å². The second-order valence-electron chi connectivity index (χ2n) is 5.06. The lowest BCUT2D eigenvalue weighted by atomic mass is 10.1. The molecule has 3 rings (SSSR count). The molecule has 104 valence electrons. The average molecular weight is 276 g/mol. The van der Waals surface area contributed by atoms with E-state index in [0.29, 0.717) is 6.54 Å². The Labute approximate surface area is 123 Å². The standard InChI is InChI=1S/C18H16N2O/c1-14-11-16(9-10-19-14)17-7-8-18(21)20(13-17)12-15-5-3-2-4-6-15/h2-11,13H,12H2,1H3. The van der Waals surface area contributed by atoms with Crippen molar-refractivity contribution in [3.05, 3.63) is 88.6 Å². The third-order valence-corrected chi connectivity index (χ3v) is 3.41. The summed E-state index contributed by atoms with van der Waals surface area (Å²) in [5.74, 6) is 0. The van der Waals surface area contributed by atoms with Crippen LogP contribution in [0, 0.1) is 6.92 Å². The van der Waals surface area contributed by atoms with Crippen LogP contribution in [0.4, 0.5) is 0 Å². The minimum atomic E-state index is 0.00776. The van der Waals surface area contributed by atoms with Crippen LogP contribution >= 0.6 is 0 Å². The van der Waals surface area contributed by atoms with E-state index in [4.69, 9.17) is 0 Å². The zero-order chi connectivity index (χ0) is 14.7. The minimum Gasteiger partial charge on any atom is -0.310 e. The number of aromatic nitrogens is 2. The fraction of sp³-hybridized carbons (Fsp3) is 0.111. The molecule has 0 aliphatic rings. The molecular formula is C18H16N2O. The summed E-state index contributed by atoms with van der Waals surface area (Å²) in [5, 5.41) is 0. The van der Waals surface area contributed by atoms with Gasteiger partial charge in [0.2, 0.25) is 0 Å². The van der Waals surface area contributed by atoms with Crippen LogP contribution in [0.3, 0.4) is 0 Å². The topological polar surface area (TPSA) is 34.9 Å². The molecule has 3 aromatic rings. The van der Waals surface area contributed by atoms with E-state index in [2.05, 4.69) is 4.98 Å². The van der Waals surface area contributed by atoms with E-state index in [9.17, 15) is 4.79 Å². The van der Waals surface area contributed by atoms with Crippen molar-refractivity contribution in [1.82, 2.24) is 9.55 Å². The van der Waals surface area contributed by atoms with Gasteiger partial charge in [-0.3, -0.25) is 9.78 Å². The molecule has 0 saturated heterocycles. The van der Waals surface area contributed by atoms with Gasteiger partial charge in [0, 0.05) is 24.2 Å². The zero-order valence-corrected chi connectivity index (χ0v) is 11.9. The first-order valence-corrected chi connectivity index (χ1v) is 6.90. The number of benzene rings is 1. The molecule has 0 bridgehead atoms. The van der Waals surface area contributed by atoms with Crippen LogP contribution < -0.4 is 5.56 Å². The van der Waals surface area contributed by atoms with Crippen LogP contribution in [0.2, 0.25) is 0 Å². The Bertz CT molecular complexity index is 807. The number of nitrogens with zero attached hydrogens (tertiary/aromatic N) is 2. The Hall–Kier alpha value is -2.68. The van der Waals surface area contributed by atoms with Gasteiger partial charge in [0.25, 0.3) is 5.56 Å². The molecule has 3 nitrogen and oxygen atoms in total. The van der Waals surface area contributed by atoms with Crippen LogP contribution in [0.5, 0.6) is 0 Å². The van der Waals surface area contributed by atoms with E-state index < -0.39 is 0 Å². The molecule has 1 aromatic carbocycles. The second kappa shape index (κ2) is 5.75. The first-order chi connectivity index (χ1) is 10.2. The van der Waals surface area contributed by atoms with Gasteiger partial charge in [-0.1, -0.05) is 30.3 Å². The maximum atomic E-state index is 12.0. The van der Waals surface area contributed by atoms with Gasteiger partial charge in [-0.15, -0.1) is 0 Å². The summed E-state index contributed by atoms with van der Waals surface area (Å²) >= 11 is 0. The molecule has 0 unspecified atom stereocenters. The molecule has 0 saturated carbocycles. The van der Waals surface area contributed by atoms with Crippen LogP contribution in [-0.4, -0.2) is 9.55 Å². The van der Waals surface area contributed by atoms with Gasteiger partial charge in [0.1, 0.15) is 0 Å². The maximum Gasteiger partial charge on any atom is 0.250 e. The summed E-state index contributed by atoms with van der Waals surface area (Å²) in [6.07, 6.45) is 3.70. The molecule has 3 heteroatoms. The molecular weight excluding hydrogens is 260 g/mol. The molecule has 0 N–H and O–H groups in total. The average Bonchev–Trinajstić information content (AvgIpc) is 2.50. The summed E-state index contributed by atoms with van der Waals surface area (Å²) in [6.45, 7) is 2.54. The van der Waals surface area contributed by atoms with Crippen molar-refractivity contribution < 1.29 is 0 Å². The molecule has 0 spiro atoms. The Morgan fingerprint density at radius 3 is 2.57 bits per heavy atom. The van der Waals surface area contributed by atoms with Gasteiger partial charge in [-0.05, 0) is 41.8 Å². The molecule has 0 amide bonds. The van der Waals surface area contributed by atoms with Crippen molar-refractivity contribution in [2.45, 2.75) is 13.5 Å². The number of hydrogen-bond donors (Lipinski definition) is 0. The van der Waals surface area contributed by atoms with E-state index >= 15 is 0 Å². The van der Waals surface area contributed by atoms with Crippen molar-refractivity contribution in [2.75, 3.05) is 0 Å². The predicted octanol–water partition coefficient (Wildman–Crippen LogP) is 3.27. The van der Waals surface area contributed by atoms with Gasteiger partial charge in [-0.2, -0.15) is 0 Å². The van der Waals surface area contributed by atoms with Crippen LogP contribution in [0.15, 0.2) is 71.8 Å². The van der Waals surface area contributed by atoms with Gasteiger partial charge >= 0.3 is 0 Å².